The third-order valence-electron chi connectivity index (χ3n) is 2.57. The molecule has 2 heterocycles. The Hall–Kier alpha value is -1.62. The first kappa shape index (κ1) is 12.8. The Bertz CT molecular complexity index is 507. The minimum Gasteiger partial charge on any atom is -0.377 e. The minimum absolute atomic E-state index is 0.796. The van der Waals surface area contributed by atoms with Gasteiger partial charge in [-0.1, -0.05) is 6.92 Å². The first-order valence-corrected chi connectivity index (χ1v) is 6.82. The Morgan fingerprint density at radius 2 is 2.17 bits per heavy atom. The van der Waals surface area contributed by atoms with Crippen LogP contribution in [-0.2, 0) is 13.0 Å². The van der Waals surface area contributed by atoms with Crippen LogP contribution in [0.2, 0.25) is 0 Å². The molecule has 0 atom stereocenters. The third kappa shape index (κ3) is 2.98. The van der Waals surface area contributed by atoms with E-state index in [4.69, 9.17) is 0 Å². The summed E-state index contributed by atoms with van der Waals surface area (Å²) >= 11 is 1.76. The maximum absolute atomic E-state index is 4.36. The summed E-state index contributed by atoms with van der Waals surface area (Å²) in [5.41, 5.74) is 1.05. The van der Waals surface area contributed by atoms with E-state index in [1.807, 2.05) is 43.5 Å². The van der Waals surface area contributed by atoms with E-state index in [0.717, 1.165) is 24.5 Å². The molecule has 0 aliphatic rings. The number of hydrogen-bond acceptors (Lipinski definition) is 5. The zero-order valence-corrected chi connectivity index (χ0v) is 11.8. The summed E-state index contributed by atoms with van der Waals surface area (Å²) in [5.74, 6) is 0.956. The van der Waals surface area contributed by atoms with Crippen molar-refractivity contribution in [3.8, 4) is 0 Å². The van der Waals surface area contributed by atoms with E-state index in [1.54, 1.807) is 11.3 Å². The molecule has 0 saturated heterocycles. The normalized spacial score (nSPS) is 10.4. The predicted octanol–water partition coefficient (Wildman–Crippen LogP) is 2.78. The van der Waals surface area contributed by atoms with E-state index in [0.29, 0.717) is 0 Å². The summed E-state index contributed by atoms with van der Waals surface area (Å²) in [5, 5.41) is 4.60. The van der Waals surface area contributed by atoms with Crippen molar-refractivity contribution in [2.75, 3.05) is 24.3 Å². The Labute approximate surface area is 112 Å². The molecule has 0 radical (unpaired) electrons. The lowest BCUT2D eigenvalue weighted by Crippen LogP contribution is -2.13. The smallest absolute Gasteiger partial charge is 0.151 e. The van der Waals surface area contributed by atoms with Crippen molar-refractivity contribution in [1.29, 1.82) is 0 Å². The van der Waals surface area contributed by atoms with Crippen LogP contribution in [0.5, 0.6) is 0 Å². The lowest BCUT2D eigenvalue weighted by molar-refractivity contribution is 1.05. The van der Waals surface area contributed by atoms with Gasteiger partial charge in [0, 0.05) is 31.4 Å². The Morgan fingerprint density at radius 3 is 2.83 bits per heavy atom. The molecule has 5 heteroatoms. The summed E-state index contributed by atoms with van der Waals surface area (Å²) in [6.07, 6.45) is 4.76. The molecule has 4 nitrogen and oxygen atoms in total. The van der Waals surface area contributed by atoms with Crippen LogP contribution < -0.4 is 10.2 Å². The van der Waals surface area contributed by atoms with E-state index in [1.165, 1.54) is 9.88 Å². The summed E-state index contributed by atoms with van der Waals surface area (Å²) in [6, 6.07) is 3.99. The molecule has 0 saturated carbocycles. The molecule has 0 bridgehead atoms. The molecule has 1 N–H and O–H groups in total. The van der Waals surface area contributed by atoms with Gasteiger partial charge in [0.2, 0.25) is 0 Å². The quantitative estimate of drug-likeness (QED) is 0.899. The van der Waals surface area contributed by atoms with E-state index in [2.05, 4.69) is 22.2 Å². The summed E-state index contributed by atoms with van der Waals surface area (Å²) in [6.45, 7) is 2.92. The number of hydrogen-bond donors (Lipinski definition) is 1. The molecule has 0 unspecified atom stereocenters. The summed E-state index contributed by atoms with van der Waals surface area (Å²) in [4.78, 5) is 12.0. The van der Waals surface area contributed by atoms with Crippen LogP contribution in [0.1, 0.15) is 16.8 Å². The highest BCUT2D eigenvalue weighted by molar-refractivity contribution is 7.11. The van der Waals surface area contributed by atoms with Crippen molar-refractivity contribution in [1.82, 2.24) is 9.97 Å². The molecule has 96 valence electrons. The van der Waals surface area contributed by atoms with Gasteiger partial charge in [0.15, 0.2) is 5.82 Å². The molecular formula is C13H18N4S. The number of rotatable bonds is 5. The second-order valence-corrected chi connectivity index (χ2v) is 5.40. The van der Waals surface area contributed by atoms with Crippen LogP contribution >= 0.6 is 11.3 Å². The van der Waals surface area contributed by atoms with Crippen molar-refractivity contribution in [2.24, 2.45) is 0 Å². The monoisotopic (exact) mass is 262 g/mol. The summed E-state index contributed by atoms with van der Waals surface area (Å²) in [7, 11) is 3.99. The average Bonchev–Trinajstić information content (AvgIpc) is 2.84. The van der Waals surface area contributed by atoms with E-state index in [9.17, 15) is 0 Å². The highest BCUT2D eigenvalue weighted by Gasteiger charge is 2.06. The van der Waals surface area contributed by atoms with Crippen LogP contribution in [0.4, 0.5) is 11.5 Å². The summed E-state index contributed by atoms with van der Waals surface area (Å²) < 4.78 is 0. The van der Waals surface area contributed by atoms with Gasteiger partial charge in [0.25, 0.3) is 0 Å². The number of aromatic nitrogens is 2. The number of anilines is 2. The fraction of sp³-hybridized carbons (Fsp3) is 0.385. The van der Waals surface area contributed by atoms with E-state index >= 15 is 0 Å². The Balaban J connectivity index is 2.05. The molecule has 0 aliphatic heterocycles. The van der Waals surface area contributed by atoms with Crippen LogP contribution in [0.25, 0.3) is 0 Å². The van der Waals surface area contributed by atoms with Gasteiger partial charge in [-0.25, -0.2) is 9.97 Å². The fourth-order valence-electron chi connectivity index (χ4n) is 1.67. The van der Waals surface area contributed by atoms with Gasteiger partial charge in [-0.3, -0.25) is 0 Å². The topological polar surface area (TPSA) is 41.1 Å². The highest BCUT2D eigenvalue weighted by Crippen LogP contribution is 2.22. The molecule has 0 aliphatic carbocycles. The van der Waals surface area contributed by atoms with E-state index < -0.39 is 0 Å². The zero-order chi connectivity index (χ0) is 13.0. The van der Waals surface area contributed by atoms with Crippen molar-refractivity contribution in [2.45, 2.75) is 19.9 Å². The minimum atomic E-state index is 0.796. The molecule has 0 spiro atoms. The van der Waals surface area contributed by atoms with E-state index in [-0.39, 0.29) is 0 Å². The maximum atomic E-state index is 4.36. The van der Waals surface area contributed by atoms with Crippen molar-refractivity contribution < 1.29 is 0 Å². The fourth-order valence-corrected chi connectivity index (χ4v) is 2.47. The Morgan fingerprint density at radius 1 is 1.33 bits per heavy atom. The van der Waals surface area contributed by atoms with Gasteiger partial charge in [0.05, 0.1) is 17.2 Å². The molecule has 2 aromatic rings. The highest BCUT2D eigenvalue weighted by atomic mass is 32.1. The van der Waals surface area contributed by atoms with Gasteiger partial charge >= 0.3 is 0 Å². The van der Waals surface area contributed by atoms with Crippen LogP contribution in [0.15, 0.2) is 24.5 Å². The first-order valence-electron chi connectivity index (χ1n) is 6.00. The molecule has 0 aromatic carbocycles. The number of nitrogens with zero attached hydrogens (tertiary/aromatic N) is 3. The third-order valence-corrected chi connectivity index (χ3v) is 3.71. The number of aryl methyl sites for hydroxylation is 1. The van der Waals surface area contributed by atoms with Gasteiger partial charge in [-0.15, -0.1) is 11.3 Å². The van der Waals surface area contributed by atoms with Crippen molar-refractivity contribution in [3.05, 3.63) is 34.4 Å². The van der Waals surface area contributed by atoms with Gasteiger partial charge in [0.1, 0.15) is 0 Å². The maximum Gasteiger partial charge on any atom is 0.151 e. The number of nitrogens with one attached hydrogen (secondary N) is 1. The SMILES string of the molecule is CCc1ncc(CNc2cccnc2N(C)C)s1. The van der Waals surface area contributed by atoms with Gasteiger partial charge in [-0.05, 0) is 18.6 Å². The molecule has 2 aromatic heterocycles. The van der Waals surface area contributed by atoms with Crippen molar-refractivity contribution >= 4 is 22.8 Å². The van der Waals surface area contributed by atoms with Crippen LogP contribution in [-0.4, -0.2) is 24.1 Å². The lowest BCUT2D eigenvalue weighted by Gasteiger charge is -2.16. The molecule has 0 fully saturated rings. The largest absolute Gasteiger partial charge is 0.377 e. The van der Waals surface area contributed by atoms with Crippen LogP contribution in [0.3, 0.4) is 0 Å². The molecule has 2 rings (SSSR count). The molecular weight excluding hydrogens is 244 g/mol. The average molecular weight is 262 g/mol. The number of pyridine rings is 1. The zero-order valence-electron chi connectivity index (χ0n) is 11.0. The Kier molecular flexibility index (Phi) is 4.15. The van der Waals surface area contributed by atoms with Gasteiger partial charge < -0.3 is 10.2 Å². The first-order chi connectivity index (χ1) is 8.70. The molecule has 0 amide bonds. The predicted molar refractivity (Wildman–Crippen MR) is 77.4 cm³/mol. The van der Waals surface area contributed by atoms with Crippen LogP contribution in [0, 0.1) is 0 Å². The number of thiazole rings is 1. The molecule has 18 heavy (non-hydrogen) atoms. The second-order valence-electron chi connectivity index (χ2n) is 4.20. The lowest BCUT2D eigenvalue weighted by atomic mass is 10.3. The standard InChI is InChI=1S/C13H18N4S/c1-4-12-16-9-10(18-12)8-15-11-6-5-7-14-13(11)17(2)3/h5-7,9,15H,4,8H2,1-3H3. The second kappa shape index (κ2) is 5.82. The van der Waals surface area contributed by atoms with Crippen molar-refractivity contribution in [3.63, 3.8) is 0 Å². The van der Waals surface area contributed by atoms with Gasteiger partial charge in [-0.2, -0.15) is 0 Å².